The maximum atomic E-state index is 11.5. The predicted octanol–water partition coefficient (Wildman–Crippen LogP) is 3.97. The molecule has 0 aliphatic rings. The molecule has 0 N–H and O–H groups in total. The number of carbonyl (C=O) groups is 1. The van der Waals surface area contributed by atoms with Crippen LogP contribution in [-0.2, 0) is 6.61 Å². The van der Waals surface area contributed by atoms with E-state index in [2.05, 4.69) is 10.1 Å². The number of benzene rings is 1. The van der Waals surface area contributed by atoms with Gasteiger partial charge in [0.25, 0.3) is 5.89 Å². The first kappa shape index (κ1) is 14.5. The SMILES string of the molecule is CCC(=O)c1ccc(OCc2noc(-c3cccs3)n2)cc1. The monoisotopic (exact) mass is 314 g/mol. The summed E-state index contributed by atoms with van der Waals surface area (Å²) in [5.41, 5.74) is 0.689. The average molecular weight is 314 g/mol. The molecule has 0 aliphatic heterocycles. The number of hydrogen-bond donors (Lipinski definition) is 0. The Bertz CT molecular complexity index is 748. The van der Waals surface area contributed by atoms with Crippen LogP contribution in [0.15, 0.2) is 46.3 Å². The van der Waals surface area contributed by atoms with Crippen LogP contribution in [-0.4, -0.2) is 15.9 Å². The summed E-state index contributed by atoms with van der Waals surface area (Å²) in [5.74, 6) is 1.76. The van der Waals surface area contributed by atoms with Crippen LogP contribution in [0, 0.1) is 0 Å². The molecule has 112 valence electrons. The van der Waals surface area contributed by atoms with Gasteiger partial charge in [0, 0.05) is 12.0 Å². The molecule has 2 heterocycles. The van der Waals surface area contributed by atoms with Crippen LogP contribution in [0.4, 0.5) is 0 Å². The number of ketones is 1. The average Bonchev–Trinajstić information content (AvgIpc) is 3.23. The van der Waals surface area contributed by atoms with Crippen molar-refractivity contribution < 1.29 is 14.1 Å². The third-order valence-corrected chi connectivity index (χ3v) is 3.92. The van der Waals surface area contributed by atoms with Gasteiger partial charge in [0.2, 0.25) is 5.82 Å². The quantitative estimate of drug-likeness (QED) is 0.644. The van der Waals surface area contributed by atoms with Gasteiger partial charge in [-0.15, -0.1) is 11.3 Å². The maximum Gasteiger partial charge on any atom is 0.268 e. The topological polar surface area (TPSA) is 65.2 Å². The zero-order valence-corrected chi connectivity index (χ0v) is 12.8. The lowest BCUT2D eigenvalue weighted by molar-refractivity contribution is 0.0988. The van der Waals surface area contributed by atoms with E-state index in [4.69, 9.17) is 9.26 Å². The van der Waals surface area contributed by atoms with E-state index in [1.54, 1.807) is 35.6 Å². The highest BCUT2D eigenvalue weighted by Crippen LogP contribution is 2.22. The summed E-state index contributed by atoms with van der Waals surface area (Å²) in [6.45, 7) is 2.06. The third kappa shape index (κ3) is 3.23. The number of carbonyl (C=O) groups excluding carboxylic acids is 1. The fourth-order valence-corrected chi connectivity index (χ4v) is 2.55. The highest BCUT2D eigenvalue weighted by atomic mass is 32.1. The molecule has 3 aromatic rings. The molecule has 1 aromatic carbocycles. The standard InChI is InChI=1S/C16H14N2O3S/c1-2-13(19)11-5-7-12(8-6-11)20-10-15-17-16(21-18-15)14-4-3-9-22-14/h3-9H,2,10H2,1H3. The van der Waals surface area contributed by atoms with E-state index in [1.807, 2.05) is 24.4 Å². The Labute approximate surface area is 131 Å². The van der Waals surface area contributed by atoms with E-state index in [0.29, 0.717) is 29.4 Å². The first-order valence-electron chi connectivity index (χ1n) is 6.89. The second-order valence-electron chi connectivity index (χ2n) is 4.58. The van der Waals surface area contributed by atoms with Crippen molar-refractivity contribution in [1.29, 1.82) is 0 Å². The lowest BCUT2D eigenvalue weighted by Crippen LogP contribution is -1.99. The van der Waals surface area contributed by atoms with E-state index in [0.717, 1.165) is 4.88 Å². The van der Waals surface area contributed by atoms with Gasteiger partial charge < -0.3 is 9.26 Å². The Hall–Kier alpha value is -2.47. The second-order valence-corrected chi connectivity index (χ2v) is 5.53. The first-order chi connectivity index (χ1) is 10.8. The number of thiophene rings is 1. The van der Waals surface area contributed by atoms with Crippen molar-refractivity contribution in [2.45, 2.75) is 20.0 Å². The van der Waals surface area contributed by atoms with E-state index in [9.17, 15) is 4.79 Å². The third-order valence-electron chi connectivity index (χ3n) is 3.07. The Morgan fingerprint density at radius 3 is 2.77 bits per heavy atom. The molecule has 0 bridgehead atoms. The highest BCUT2D eigenvalue weighted by molar-refractivity contribution is 7.13. The Balaban J connectivity index is 1.62. The van der Waals surface area contributed by atoms with Crippen molar-refractivity contribution in [3.8, 4) is 16.5 Å². The van der Waals surface area contributed by atoms with Crippen molar-refractivity contribution in [2.75, 3.05) is 0 Å². The number of rotatable bonds is 6. The van der Waals surface area contributed by atoms with Crippen molar-refractivity contribution in [2.24, 2.45) is 0 Å². The van der Waals surface area contributed by atoms with Crippen LogP contribution in [0.3, 0.4) is 0 Å². The highest BCUT2D eigenvalue weighted by Gasteiger charge is 2.10. The molecule has 0 unspecified atom stereocenters. The van der Waals surface area contributed by atoms with Crippen LogP contribution in [0.1, 0.15) is 29.5 Å². The van der Waals surface area contributed by atoms with Gasteiger partial charge in [0.05, 0.1) is 4.88 Å². The summed E-state index contributed by atoms with van der Waals surface area (Å²) in [6, 6.07) is 10.9. The lowest BCUT2D eigenvalue weighted by atomic mass is 10.1. The maximum absolute atomic E-state index is 11.5. The summed E-state index contributed by atoms with van der Waals surface area (Å²) in [4.78, 5) is 16.8. The number of hydrogen-bond acceptors (Lipinski definition) is 6. The van der Waals surface area contributed by atoms with Crippen LogP contribution in [0.5, 0.6) is 5.75 Å². The second kappa shape index (κ2) is 6.53. The number of aromatic nitrogens is 2. The van der Waals surface area contributed by atoms with Gasteiger partial charge in [0.1, 0.15) is 5.75 Å². The molecular formula is C16H14N2O3S. The molecule has 0 atom stereocenters. The molecule has 22 heavy (non-hydrogen) atoms. The molecule has 0 aliphatic carbocycles. The smallest absolute Gasteiger partial charge is 0.268 e. The molecular weight excluding hydrogens is 300 g/mol. The predicted molar refractivity (Wildman–Crippen MR) is 83.0 cm³/mol. The van der Waals surface area contributed by atoms with Gasteiger partial charge >= 0.3 is 0 Å². The van der Waals surface area contributed by atoms with Crippen LogP contribution < -0.4 is 4.74 Å². The normalized spacial score (nSPS) is 10.6. The first-order valence-corrected chi connectivity index (χ1v) is 7.76. The van der Waals surface area contributed by atoms with Gasteiger partial charge in [-0.3, -0.25) is 4.79 Å². The molecule has 0 saturated carbocycles. The van der Waals surface area contributed by atoms with Gasteiger partial charge in [0.15, 0.2) is 12.4 Å². The fraction of sp³-hybridized carbons (Fsp3) is 0.188. The van der Waals surface area contributed by atoms with E-state index >= 15 is 0 Å². The minimum absolute atomic E-state index is 0.116. The number of ether oxygens (including phenoxy) is 1. The van der Waals surface area contributed by atoms with Crippen molar-refractivity contribution in [3.63, 3.8) is 0 Å². The summed E-state index contributed by atoms with van der Waals surface area (Å²) < 4.78 is 10.8. The molecule has 5 nitrogen and oxygen atoms in total. The minimum atomic E-state index is 0.116. The molecule has 0 radical (unpaired) electrons. The van der Waals surface area contributed by atoms with Crippen molar-refractivity contribution in [3.05, 3.63) is 53.2 Å². The lowest BCUT2D eigenvalue weighted by Gasteiger charge is -2.04. The molecule has 6 heteroatoms. The summed E-state index contributed by atoms with van der Waals surface area (Å²) in [7, 11) is 0. The van der Waals surface area contributed by atoms with Gasteiger partial charge in [-0.05, 0) is 35.7 Å². The van der Waals surface area contributed by atoms with E-state index < -0.39 is 0 Å². The Morgan fingerprint density at radius 1 is 1.27 bits per heavy atom. The van der Waals surface area contributed by atoms with E-state index in [-0.39, 0.29) is 12.4 Å². The molecule has 0 amide bonds. The van der Waals surface area contributed by atoms with Gasteiger partial charge in [-0.1, -0.05) is 18.1 Å². The van der Waals surface area contributed by atoms with Gasteiger partial charge in [-0.2, -0.15) is 4.98 Å². The van der Waals surface area contributed by atoms with E-state index in [1.165, 1.54) is 0 Å². The van der Waals surface area contributed by atoms with Crippen LogP contribution in [0.2, 0.25) is 0 Å². The Kier molecular flexibility index (Phi) is 4.29. The van der Waals surface area contributed by atoms with Crippen LogP contribution >= 0.6 is 11.3 Å². The molecule has 2 aromatic heterocycles. The zero-order chi connectivity index (χ0) is 15.4. The van der Waals surface area contributed by atoms with Crippen LogP contribution in [0.25, 0.3) is 10.8 Å². The van der Waals surface area contributed by atoms with Crippen molar-refractivity contribution in [1.82, 2.24) is 10.1 Å². The molecule has 0 saturated heterocycles. The van der Waals surface area contributed by atoms with Crippen molar-refractivity contribution >= 4 is 17.1 Å². The molecule has 0 fully saturated rings. The summed E-state index contributed by atoms with van der Waals surface area (Å²) >= 11 is 1.54. The number of nitrogens with zero attached hydrogens (tertiary/aromatic N) is 2. The number of Topliss-reactive ketones (excluding diaryl/α,β-unsaturated/α-hetero) is 1. The Morgan fingerprint density at radius 2 is 2.09 bits per heavy atom. The fourth-order valence-electron chi connectivity index (χ4n) is 1.90. The molecule has 3 rings (SSSR count). The van der Waals surface area contributed by atoms with Gasteiger partial charge in [-0.25, -0.2) is 0 Å². The largest absolute Gasteiger partial charge is 0.485 e. The summed E-state index contributed by atoms with van der Waals surface area (Å²) in [5, 5.41) is 5.84. The minimum Gasteiger partial charge on any atom is -0.485 e. The molecule has 0 spiro atoms. The summed E-state index contributed by atoms with van der Waals surface area (Å²) in [6.07, 6.45) is 0.495. The zero-order valence-electron chi connectivity index (χ0n) is 12.0.